The van der Waals surface area contributed by atoms with E-state index >= 15 is 0 Å². The summed E-state index contributed by atoms with van der Waals surface area (Å²) in [5, 5.41) is 3.32. The molecule has 0 aromatic heterocycles. The molecule has 0 saturated carbocycles. The zero-order chi connectivity index (χ0) is 13.0. The smallest absolute Gasteiger partial charge is 0.159 e. The SMILES string of the molecule is CCC(Cc1ccc(F)c(F)c1)N1CCNCC1. The Bertz CT molecular complexity index is 389. The van der Waals surface area contributed by atoms with Crippen LogP contribution in [0, 0.1) is 11.6 Å². The maximum absolute atomic E-state index is 13.2. The van der Waals surface area contributed by atoms with Crippen molar-refractivity contribution in [1.82, 2.24) is 10.2 Å². The van der Waals surface area contributed by atoms with Gasteiger partial charge in [-0.05, 0) is 30.5 Å². The fraction of sp³-hybridized carbons (Fsp3) is 0.571. The molecular formula is C14H20F2N2. The molecule has 0 bridgehead atoms. The highest BCUT2D eigenvalue weighted by Gasteiger charge is 2.19. The van der Waals surface area contributed by atoms with Crippen LogP contribution in [0.3, 0.4) is 0 Å². The monoisotopic (exact) mass is 254 g/mol. The number of rotatable bonds is 4. The number of nitrogens with zero attached hydrogens (tertiary/aromatic N) is 1. The Morgan fingerprint density at radius 1 is 1.22 bits per heavy atom. The summed E-state index contributed by atoms with van der Waals surface area (Å²) in [5.74, 6) is -1.52. The Hall–Kier alpha value is -1.00. The van der Waals surface area contributed by atoms with E-state index in [9.17, 15) is 8.78 Å². The lowest BCUT2D eigenvalue weighted by Gasteiger charge is -2.34. The number of hydrogen-bond acceptors (Lipinski definition) is 2. The first-order valence-corrected chi connectivity index (χ1v) is 6.59. The molecule has 2 rings (SSSR count). The van der Waals surface area contributed by atoms with Crippen LogP contribution in [-0.2, 0) is 6.42 Å². The summed E-state index contributed by atoms with van der Waals surface area (Å²) < 4.78 is 26.1. The minimum absolute atomic E-state index is 0.414. The fourth-order valence-corrected chi connectivity index (χ4v) is 2.52. The minimum atomic E-state index is -0.769. The van der Waals surface area contributed by atoms with Crippen LogP contribution in [0.15, 0.2) is 18.2 Å². The number of piperazine rings is 1. The van der Waals surface area contributed by atoms with Crippen LogP contribution in [0.4, 0.5) is 8.78 Å². The topological polar surface area (TPSA) is 15.3 Å². The Labute approximate surface area is 107 Å². The molecule has 0 amide bonds. The predicted molar refractivity (Wildman–Crippen MR) is 68.6 cm³/mol. The molecule has 0 spiro atoms. The normalized spacial score (nSPS) is 18.8. The highest BCUT2D eigenvalue weighted by molar-refractivity contribution is 5.18. The van der Waals surface area contributed by atoms with Gasteiger partial charge in [0.1, 0.15) is 0 Å². The van der Waals surface area contributed by atoms with E-state index in [1.54, 1.807) is 6.07 Å². The standard InChI is InChI=1S/C14H20F2N2/c1-2-12(18-7-5-17-6-8-18)9-11-3-4-13(15)14(16)10-11/h3-4,10,12,17H,2,5-9H2,1H3. The molecule has 1 aromatic rings. The van der Waals surface area contributed by atoms with Crippen molar-refractivity contribution in [2.45, 2.75) is 25.8 Å². The van der Waals surface area contributed by atoms with Crippen molar-refractivity contribution in [1.29, 1.82) is 0 Å². The quantitative estimate of drug-likeness (QED) is 0.886. The first kappa shape index (κ1) is 13.4. The van der Waals surface area contributed by atoms with E-state index in [1.807, 2.05) is 0 Å². The van der Waals surface area contributed by atoms with Gasteiger partial charge < -0.3 is 5.32 Å². The molecule has 1 unspecified atom stereocenters. The van der Waals surface area contributed by atoms with Crippen molar-refractivity contribution < 1.29 is 8.78 Å². The van der Waals surface area contributed by atoms with Gasteiger partial charge in [-0.15, -0.1) is 0 Å². The highest BCUT2D eigenvalue weighted by atomic mass is 19.2. The average Bonchev–Trinajstić information content (AvgIpc) is 2.41. The number of halogens is 2. The number of nitrogens with one attached hydrogen (secondary N) is 1. The summed E-state index contributed by atoms with van der Waals surface area (Å²) in [4.78, 5) is 2.43. The number of benzene rings is 1. The minimum Gasteiger partial charge on any atom is -0.314 e. The fourth-order valence-electron chi connectivity index (χ4n) is 2.52. The lowest BCUT2D eigenvalue weighted by molar-refractivity contribution is 0.167. The van der Waals surface area contributed by atoms with Gasteiger partial charge in [0, 0.05) is 32.2 Å². The molecule has 1 aliphatic heterocycles. The van der Waals surface area contributed by atoms with E-state index in [-0.39, 0.29) is 0 Å². The first-order valence-electron chi connectivity index (χ1n) is 6.59. The third-order valence-corrected chi connectivity index (χ3v) is 3.59. The molecule has 1 heterocycles. The second-order valence-corrected chi connectivity index (χ2v) is 4.80. The second-order valence-electron chi connectivity index (χ2n) is 4.80. The van der Waals surface area contributed by atoms with Gasteiger partial charge in [0.05, 0.1) is 0 Å². The van der Waals surface area contributed by atoms with Crippen molar-refractivity contribution in [3.63, 3.8) is 0 Å². The molecule has 100 valence electrons. The zero-order valence-electron chi connectivity index (χ0n) is 10.8. The van der Waals surface area contributed by atoms with Gasteiger partial charge >= 0.3 is 0 Å². The van der Waals surface area contributed by atoms with E-state index in [2.05, 4.69) is 17.1 Å². The molecule has 1 saturated heterocycles. The van der Waals surface area contributed by atoms with Crippen LogP contribution in [0.5, 0.6) is 0 Å². The summed E-state index contributed by atoms with van der Waals surface area (Å²) in [6, 6.07) is 4.63. The third-order valence-electron chi connectivity index (χ3n) is 3.59. The molecule has 1 atom stereocenters. The van der Waals surface area contributed by atoms with Crippen molar-refractivity contribution in [3.8, 4) is 0 Å². The Kier molecular flexibility index (Phi) is 4.66. The van der Waals surface area contributed by atoms with E-state index < -0.39 is 11.6 Å². The molecule has 1 aromatic carbocycles. The first-order chi connectivity index (χ1) is 8.70. The van der Waals surface area contributed by atoms with Crippen LogP contribution in [0.1, 0.15) is 18.9 Å². The second kappa shape index (κ2) is 6.25. The zero-order valence-corrected chi connectivity index (χ0v) is 10.8. The van der Waals surface area contributed by atoms with Crippen LogP contribution in [0.2, 0.25) is 0 Å². The van der Waals surface area contributed by atoms with Crippen LogP contribution < -0.4 is 5.32 Å². The largest absolute Gasteiger partial charge is 0.314 e. The van der Waals surface area contributed by atoms with Gasteiger partial charge in [0.25, 0.3) is 0 Å². The summed E-state index contributed by atoms with van der Waals surface area (Å²) in [6.07, 6.45) is 1.81. The third kappa shape index (κ3) is 3.27. The van der Waals surface area contributed by atoms with Crippen molar-refractivity contribution in [2.75, 3.05) is 26.2 Å². The lowest BCUT2D eigenvalue weighted by atomic mass is 10.0. The van der Waals surface area contributed by atoms with Gasteiger partial charge in [0.15, 0.2) is 11.6 Å². The average molecular weight is 254 g/mol. The maximum Gasteiger partial charge on any atom is 0.159 e. The maximum atomic E-state index is 13.2. The van der Waals surface area contributed by atoms with Crippen LogP contribution in [0.25, 0.3) is 0 Å². The van der Waals surface area contributed by atoms with Gasteiger partial charge in [-0.2, -0.15) is 0 Å². The molecule has 0 aliphatic carbocycles. The summed E-state index contributed by atoms with van der Waals surface area (Å²) in [6.45, 7) is 6.22. The van der Waals surface area contributed by atoms with Gasteiger partial charge in [-0.25, -0.2) is 8.78 Å². The van der Waals surface area contributed by atoms with Crippen molar-refractivity contribution in [2.24, 2.45) is 0 Å². The predicted octanol–water partition coefficient (Wildman–Crippen LogP) is 2.19. The van der Waals surface area contributed by atoms with Gasteiger partial charge in [0.2, 0.25) is 0 Å². The molecule has 4 heteroatoms. The van der Waals surface area contributed by atoms with E-state index in [4.69, 9.17) is 0 Å². The van der Waals surface area contributed by atoms with Crippen LogP contribution in [-0.4, -0.2) is 37.1 Å². The van der Waals surface area contributed by atoms with Crippen LogP contribution >= 0.6 is 0 Å². The van der Waals surface area contributed by atoms with Crippen molar-refractivity contribution in [3.05, 3.63) is 35.4 Å². The molecule has 1 N–H and O–H groups in total. The summed E-state index contributed by atoms with van der Waals surface area (Å²) in [7, 11) is 0. The molecule has 2 nitrogen and oxygen atoms in total. The van der Waals surface area contributed by atoms with Crippen molar-refractivity contribution >= 4 is 0 Å². The van der Waals surface area contributed by atoms with E-state index in [1.165, 1.54) is 12.1 Å². The molecule has 0 radical (unpaired) electrons. The molecular weight excluding hydrogens is 234 g/mol. The van der Waals surface area contributed by atoms with E-state index in [0.29, 0.717) is 6.04 Å². The lowest BCUT2D eigenvalue weighted by Crippen LogP contribution is -2.48. The summed E-state index contributed by atoms with van der Waals surface area (Å²) in [5.41, 5.74) is 0.874. The molecule has 18 heavy (non-hydrogen) atoms. The Morgan fingerprint density at radius 3 is 2.56 bits per heavy atom. The summed E-state index contributed by atoms with van der Waals surface area (Å²) >= 11 is 0. The molecule has 1 fully saturated rings. The Morgan fingerprint density at radius 2 is 1.94 bits per heavy atom. The van der Waals surface area contributed by atoms with Gasteiger partial charge in [-0.3, -0.25) is 4.90 Å². The van der Waals surface area contributed by atoms with Gasteiger partial charge in [-0.1, -0.05) is 13.0 Å². The highest BCUT2D eigenvalue weighted by Crippen LogP contribution is 2.15. The van der Waals surface area contributed by atoms with E-state index in [0.717, 1.165) is 44.6 Å². The molecule has 1 aliphatic rings. The number of hydrogen-bond donors (Lipinski definition) is 1. The Balaban J connectivity index is 2.02.